The summed E-state index contributed by atoms with van der Waals surface area (Å²) >= 11 is 13.2. The van der Waals surface area contributed by atoms with Crippen LogP contribution in [0.1, 0.15) is 11.1 Å². The lowest BCUT2D eigenvalue weighted by molar-refractivity contribution is -0.127. The molecule has 13 nitrogen and oxygen atoms in total. The van der Waals surface area contributed by atoms with Gasteiger partial charge in [0.15, 0.2) is 22.7 Å². The Morgan fingerprint density at radius 3 is 2.42 bits per heavy atom. The van der Waals surface area contributed by atoms with Crippen molar-refractivity contribution in [2.24, 2.45) is 14.1 Å². The third kappa shape index (κ3) is 6.75. The average molecular weight is 740 g/mol. The zero-order chi connectivity index (χ0) is 35.9. The Kier molecular flexibility index (Phi) is 9.56. The van der Waals surface area contributed by atoms with Crippen molar-refractivity contribution >= 4 is 74.9 Å². The van der Waals surface area contributed by atoms with Crippen molar-refractivity contribution < 1.29 is 28.2 Å². The van der Waals surface area contributed by atoms with Crippen molar-refractivity contribution in [3.63, 3.8) is 0 Å². The largest absolute Gasteiger partial charge is 0.493 e. The first-order chi connectivity index (χ1) is 23.8. The normalized spacial score (nSPS) is 13.8. The Hall–Kier alpha value is -5.38. The molecule has 17 heteroatoms. The standard InChI is InChI=1S/C33H25Cl2FN6O7S/c1-39-28-27(30(45)40(2)32(39)46)41(15-18-5-6-19(34)14-22(18)35)31(38-28)49-23-11-4-17(12-24(23)48-3)13-25-29(44)42(33(47)50-25)16-26(43)37-21-9-7-20(36)8-10-21/h4-14H,15-16H2,1-3H3,(H,37,43). The second-order valence-corrected chi connectivity index (χ2v) is 12.8. The van der Waals surface area contributed by atoms with Crippen LogP contribution in [0.15, 0.2) is 75.2 Å². The van der Waals surface area contributed by atoms with Gasteiger partial charge >= 0.3 is 11.7 Å². The number of hydrogen-bond acceptors (Lipinski definition) is 9. The maximum atomic E-state index is 13.3. The highest BCUT2D eigenvalue weighted by molar-refractivity contribution is 8.18. The number of hydrogen-bond donors (Lipinski definition) is 1. The van der Waals surface area contributed by atoms with Crippen LogP contribution in [0.3, 0.4) is 0 Å². The minimum atomic E-state index is -0.671. The fourth-order valence-electron chi connectivity index (χ4n) is 5.09. The number of halogens is 3. The minimum Gasteiger partial charge on any atom is -0.493 e. The first kappa shape index (κ1) is 34.5. The van der Waals surface area contributed by atoms with Crippen molar-refractivity contribution in [2.45, 2.75) is 6.54 Å². The smallest absolute Gasteiger partial charge is 0.332 e. The molecule has 0 radical (unpaired) electrons. The van der Waals surface area contributed by atoms with Crippen molar-refractivity contribution in [1.29, 1.82) is 0 Å². The third-order valence-corrected chi connectivity index (χ3v) is 9.14. The van der Waals surface area contributed by atoms with Gasteiger partial charge in [-0.25, -0.2) is 9.18 Å². The maximum Gasteiger partial charge on any atom is 0.332 e. The molecule has 6 rings (SSSR count). The predicted octanol–water partition coefficient (Wildman–Crippen LogP) is 5.40. The highest BCUT2D eigenvalue weighted by Crippen LogP contribution is 2.37. The van der Waals surface area contributed by atoms with E-state index in [0.717, 1.165) is 9.47 Å². The molecule has 0 atom stereocenters. The predicted molar refractivity (Wildman–Crippen MR) is 187 cm³/mol. The molecule has 3 heterocycles. The number of imide groups is 1. The number of amides is 3. The Labute approximate surface area is 296 Å². The van der Waals surface area contributed by atoms with Gasteiger partial charge in [-0.05, 0) is 77.5 Å². The van der Waals surface area contributed by atoms with Gasteiger partial charge < -0.3 is 14.8 Å². The van der Waals surface area contributed by atoms with Crippen molar-refractivity contribution in [2.75, 3.05) is 19.0 Å². The summed E-state index contributed by atoms with van der Waals surface area (Å²) < 4.78 is 28.6. The molecule has 0 bridgehead atoms. The minimum absolute atomic E-state index is 0.0353. The number of nitrogens with zero attached hydrogens (tertiary/aromatic N) is 5. The number of anilines is 1. The van der Waals surface area contributed by atoms with E-state index in [1.807, 2.05) is 0 Å². The molecule has 3 amide bonds. The highest BCUT2D eigenvalue weighted by Gasteiger charge is 2.36. The monoisotopic (exact) mass is 738 g/mol. The van der Waals surface area contributed by atoms with E-state index in [4.69, 9.17) is 32.7 Å². The van der Waals surface area contributed by atoms with Crippen LogP contribution in [0.25, 0.3) is 17.2 Å². The number of aromatic nitrogens is 4. The average Bonchev–Trinajstić information content (AvgIpc) is 3.57. The summed E-state index contributed by atoms with van der Waals surface area (Å²) in [6.07, 6.45) is 1.46. The van der Waals surface area contributed by atoms with Crippen LogP contribution in [0, 0.1) is 5.82 Å². The summed E-state index contributed by atoms with van der Waals surface area (Å²) in [5, 5.41) is 2.65. The number of carbonyl (C=O) groups is 3. The van der Waals surface area contributed by atoms with E-state index in [-0.39, 0.29) is 40.1 Å². The van der Waals surface area contributed by atoms with E-state index in [9.17, 15) is 28.4 Å². The van der Waals surface area contributed by atoms with E-state index >= 15 is 0 Å². The molecule has 0 aliphatic carbocycles. The summed E-state index contributed by atoms with van der Waals surface area (Å²) in [6, 6.07) is 14.6. The zero-order valence-corrected chi connectivity index (χ0v) is 28.7. The third-order valence-electron chi connectivity index (χ3n) is 7.65. The summed E-state index contributed by atoms with van der Waals surface area (Å²) in [5.41, 5.74) is 0.365. The van der Waals surface area contributed by atoms with E-state index < -0.39 is 40.7 Å². The van der Waals surface area contributed by atoms with Crippen LogP contribution >= 0.6 is 35.0 Å². The molecule has 3 aromatic carbocycles. The molecule has 5 aromatic rings. The number of rotatable bonds is 9. The van der Waals surface area contributed by atoms with Crippen LogP contribution < -0.4 is 26.0 Å². The SMILES string of the molecule is COc1cc(C=C2SC(=O)N(CC(=O)Nc3ccc(F)cc3)C2=O)ccc1Oc1nc2c(c(=O)n(C)c(=O)n2C)n1Cc1ccc(Cl)cc1Cl. The lowest BCUT2D eigenvalue weighted by Gasteiger charge is -2.14. The number of benzene rings is 3. The molecule has 256 valence electrons. The number of ether oxygens (including phenoxy) is 2. The van der Waals surface area contributed by atoms with Crippen LogP contribution in [0.4, 0.5) is 14.9 Å². The maximum absolute atomic E-state index is 13.3. The number of aryl methyl sites for hydroxylation is 1. The van der Waals surface area contributed by atoms with Crippen LogP contribution in [0.5, 0.6) is 17.5 Å². The molecular formula is C33H25Cl2FN6O7S. The van der Waals surface area contributed by atoms with Crippen LogP contribution in [-0.4, -0.2) is 54.3 Å². The molecule has 1 saturated heterocycles. The van der Waals surface area contributed by atoms with E-state index in [1.165, 1.54) is 60.7 Å². The first-order valence-corrected chi connectivity index (χ1v) is 16.2. The number of imidazole rings is 1. The lowest BCUT2D eigenvalue weighted by Crippen LogP contribution is -2.37. The van der Waals surface area contributed by atoms with Gasteiger partial charge in [0.25, 0.3) is 16.7 Å². The van der Waals surface area contributed by atoms with E-state index in [2.05, 4.69) is 10.3 Å². The van der Waals surface area contributed by atoms with Gasteiger partial charge in [0.2, 0.25) is 5.91 Å². The number of nitrogens with one attached hydrogen (secondary N) is 1. The Morgan fingerprint density at radius 1 is 0.980 bits per heavy atom. The molecule has 0 unspecified atom stereocenters. The van der Waals surface area contributed by atoms with Gasteiger partial charge in [0, 0.05) is 29.8 Å². The van der Waals surface area contributed by atoms with Gasteiger partial charge in [0.1, 0.15) is 12.4 Å². The van der Waals surface area contributed by atoms with Crippen molar-refractivity contribution in [3.05, 3.63) is 113 Å². The fraction of sp³-hybridized carbons (Fsp3) is 0.152. The van der Waals surface area contributed by atoms with Crippen LogP contribution in [0.2, 0.25) is 10.0 Å². The summed E-state index contributed by atoms with van der Waals surface area (Å²) in [6.45, 7) is -0.500. The van der Waals surface area contributed by atoms with Gasteiger partial charge in [-0.3, -0.25) is 37.8 Å². The Morgan fingerprint density at radius 2 is 1.72 bits per heavy atom. The second kappa shape index (κ2) is 13.9. The second-order valence-electron chi connectivity index (χ2n) is 10.9. The van der Waals surface area contributed by atoms with E-state index in [1.54, 1.807) is 36.4 Å². The summed E-state index contributed by atoms with van der Waals surface area (Å²) in [4.78, 5) is 69.6. The Balaban J connectivity index is 1.29. The molecule has 2 aromatic heterocycles. The number of carbonyl (C=O) groups excluding carboxylic acids is 3. The number of thioether (sulfide) groups is 1. The highest BCUT2D eigenvalue weighted by atomic mass is 35.5. The molecular weight excluding hydrogens is 714 g/mol. The molecule has 0 saturated carbocycles. The van der Waals surface area contributed by atoms with Gasteiger partial charge in [-0.1, -0.05) is 35.3 Å². The topological polar surface area (TPSA) is 147 Å². The van der Waals surface area contributed by atoms with Gasteiger partial charge in [-0.15, -0.1) is 0 Å². The molecule has 1 fully saturated rings. The van der Waals surface area contributed by atoms with Gasteiger partial charge in [0.05, 0.1) is 18.6 Å². The molecule has 1 aliphatic rings. The fourth-order valence-corrected chi connectivity index (χ4v) is 6.40. The molecule has 1 aliphatic heterocycles. The summed E-state index contributed by atoms with van der Waals surface area (Å²) in [5.74, 6) is -1.40. The number of methoxy groups -OCH3 is 1. The zero-order valence-electron chi connectivity index (χ0n) is 26.4. The lowest BCUT2D eigenvalue weighted by atomic mass is 10.2. The van der Waals surface area contributed by atoms with E-state index in [0.29, 0.717) is 38.6 Å². The summed E-state index contributed by atoms with van der Waals surface area (Å²) in [7, 11) is 4.24. The van der Waals surface area contributed by atoms with Crippen LogP contribution in [-0.2, 0) is 30.2 Å². The molecule has 0 spiro atoms. The first-order valence-electron chi connectivity index (χ1n) is 14.6. The van der Waals surface area contributed by atoms with Crippen molar-refractivity contribution in [3.8, 4) is 17.5 Å². The van der Waals surface area contributed by atoms with Gasteiger partial charge in [-0.2, -0.15) is 4.98 Å². The van der Waals surface area contributed by atoms with Crippen molar-refractivity contribution in [1.82, 2.24) is 23.6 Å². The molecule has 1 N–H and O–H groups in total. The Bertz CT molecular complexity index is 2370. The number of fused-ring (bicyclic) bond motifs is 1. The quantitative estimate of drug-likeness (QED) is 0.196. The molecule has 50 heavy (non-hydrogen) atoms.